The molecular weight excluding hydrogens is 310 g/mol. The van der Waals surface area contributed by atoms with E-state index in [0.717, 1.165) is 11.3 Å². The molecule has 1 atom stereocenters. The van der Waals surface area contributed by atoms with Crippen LogP contribution in [-0.4, -0.2) is 36.0 Å². The van der Waals surface area contributed by atoms with Crippen LogP contribution in [0.5, 0.6) is 5.75 Å². The first-order chi connectivity index (χ1) is 11.3. The van der Waals surface area contributed by atoms with Gasteiger partial charge in [-0.05, 0) is 31.5 Å². The summed E-state index contributed by atoms with van der Waals surface area (Å²) in [6, 6.07) is 7.28. The molecule has 2 aromatic rings. The summed E-state index contributed by atoms with van der Waals surface area (Å²) in [6.45, 7) is 3.64. The fourth-order valence-electron chi connectivity index (χ4n) is 2.51. The van der Waals surface area contributed by atoms with Crippen LogP contribution >= 0.6 is 0 Å². The molecule has 1 heterocycles. The minimum absolute atomic E-state index is 0.179. The van der Waals surface area contributed by atoms with Crippen molar-refractivity contribution in [3.63, 3.8) is 0 Å². The van der Waals surface area contributed by atoms with Crippen molar-refractivity contribution in [3.8, 4) is 5.75 Å². The molecular formula is C18H21NO5. The SMILES string of the molecule is COc1ccc(C(C)N(C)C(=O)c2c(C)coc2CC(=O)O)cc1. The summed E-state index contributed by atoms with van der Waals surface area (Å²) in [7, 11) is 3.29. The number of hydrogen-bond acceptors (Lipinski definition) is 4. The fraction of sp³-hybridized carbons (Fsp3) is 0.333. The van der Waals surface area contributed by atoms with Crippen LogP contribution in [0.2, 0.25) is 0 Å². The standard InChI is InChI=1S/C18H21NO5/c1-11-10-24-15(9-16(20)21)17(11)18(22)19(3)12(2)13-5-7-14(23-4)8-6-13/h5-8,10,12H,9H2,1-4H3,(H,20,21). The number of hydrogen-bond donors (Lipinski definition) is 1. The van der Waals surface area contributed by atoms with E-state index in [4.69, 9.17) is 14.3 Å². The number of rotatable bonds is 6. The first-order valence-corrected chi connectivity index (χ1v) is 7.55. The smallest absolute Gasteiger partial charge is 0.311 e. The van der Waals surface area contributed by atoms with Gasteiger partial charge in [0.15, 0.2) is 0 Å². The highest BCUT2D eigenvalue weighted by atomic mass is 16.5. The number of methoxy groups -OCH3 is 1. The van der Waals surface area contributed by atoms with E-state index >= 15 is 0 Å². The number of carboxylic acids is 1. The number of amides is 1. The summed E-state index contributed by atoms with van der Waals surface area (Å²) in [5.41, 5.74) is 1.90. The number of aryl methyl sites for hydroxylation is 1. The molecule has 1 aromatic heterocycles. The quantitative estimate of drug-likeness (QED) is 0.880. The normalized spacial score (nSPS) is 11.8. The lowest BCUT2D eigenvalue weighted by molar-refractivity contribution is -0.136. The predicted octanol–water partition coefficient (Wildman–Crippen LogP) is 3.06. The number of benzene rings is 1. The van der Waals surface area contributed by atoms with Crippen molar-refractivity contribution in [3.05, 3.63) is 53.0 Å². The zero-order chi connectivity index (χ0) is 17.9. The molecule has 0 spiro atoms. The molecule has 1 N–H and O–H groups in total. The lowest BCUT2D eigenvalue weighted by atomic mass is 10.0. The number of ether oxygens (including phenoxy) is 1. The van der Waals surface area contributed by atoms with Crippen LogP contribution in [0, 0.1) is 6.92 Å². The van der Waals surface area contributed by atoms with Crippen molar-refractivity contribution < 1.29 is 23.8 Å². The second-order valence-corrected chi connectivity index (χ2v) is 5.65. The van der Waals surface area contributed by atoms with Gasteiger partial charge in [-0.25, -0.2) is 0 Å². The minimum atomic E-state index is -1.04. The Morgan fingerprint density at radius 1 is 1.29 bits per heavy atom. The number of nitrogens with zero attached hydrogens (tertiary/aromatic N) is 1. The van der Waals surface area contributed by atoms with Crippen molar-refractivity contribution in [1.29, 1.82) is 0 Å². The molecule has 0 aliphatic heterocycles. The second-order valence-electron chi connectivity index (χ2n) is 5.65. The van der Waals surface area contributed by atoms with E-state index in [1.165, 1.54) is 6.26 Å². The second kappa shape index (κ2) is 7.21. The van der Waals surface area contributed by atoms with E-state index in [2.05, 4.69) is 0 Å². The van der Waals surface area contributed by atoms with Gasteiger partial charge in [0, 0.05) is 12.6 Å². The lowest BCUT2D eigenvalue weighted by Crippen LogP contribution is -2.30. The third-order valence-corrected chi connectivity index (χ3v) is 4.08. The molecule has 0 saturated carbocycles. The molecule has 24 heavy (non-hydrogen) atoms. The van der Waals surface area contributed by atoms with Crippen molar-refractivity contribution >= 4 is 11.9 Å². The van der Waals surface area contributed by atoms with Crippen LogP contribution in [0.4, 0.5) is 0 Å². The molecule has 1 amide bonds. The van der Waals surface area contributed by atoms with Crippen LogP contribution in [0.15, 0.2) is 34.9 Å². The molecule has 6 nitrogen and oxygen atoms in total. The first kappa shape index (κ1) is 17.6. The van der Waals surface area contributed by atoms with Crippen LogP contribution in [0.3, 0.4) is 0 Å². The molecule has 0 saturated heterocycles. The highest BCUT2D eigenvalue weighted by Crippen LogP contribution is 2.26. The zero-order valence-corrected chi connectivity index (χ0v) is 14.2. The van der Waals surface area contributed by atoms with Gasteiger partial charge in [-0.15, -0.1) is 0 Å². The Morgan fingerprint density at radius 3 is 2.46 bits per heavy atom. The lowest BCUT2D eigenvalue weighted by Gasteiger charge is -2.25. The Labute approximate surface area is 140 Å². The molecule has 0 radical (unpaired) electrons. The largest absolute Gasteiger partial charge is 0.497 e. The molecule has 1 aromatic carbocycles. The van der Waals surface area contributed by atoms with E-state index in [1.54, 1.807) is 26.0 Å². The molecule has 0 bridgehead atoms. The van der Waals surface area contributed by atoms with Gasteiger partial charge in [0.2, 0.25) is 0 Å². The first-order valence-electron chi connectivity index (χ1n) is 7.55. The Hall–Kier alpha value is -2.76. The summed E-state index contributed by atoms with van der Waals surface area (Å²) >= 11 is 0. The van der Waals surface area contributed by atoms with E-state index in [-0.39, 0.29) is 24.1 Å². The molecule has 6 heteroatoms. The van der Waals surface area contributed by atoms with Crippen LogP contribution in [0.1, 0.15) is 40.2 Å². The van der Waals surface area contributed by atoms with Crippen LogP contribution < -0.4 is 4.74 Å². The maximum atomic E-state index is 12.8. The van der Waals surface area contributed by atoms with Gasteiger partial charge in [-0.1, -0.05) is 12.1 Å². The number of aliphatic carboxylic acids is 1. The molecule has 1 unspecified atom stereocenters. The molecule has 0 aliphatic rings. The van der Waals surface area contributed by atoms with Crippen molar-refractivity contribution in [1.82, 2.24) is 4.90 Å². The van der Waals surface area contributed by atoms with Gasteiger partial charge >= 0.3 is 5.97 Å². The van der Waals surface area contributed by atoms with Gasteiger partial charge in [-0.2, -0.15) is 0 Å². The number of carboxylic acid groups (broad SMARTS) is 1. The highest BCUT2D eigenvalue weighted by molar-refractivity contribution is 5.97. The number of carbonyl (C=O) groups excluding carboxylic acids is 1. The predicted molar refractivity (Wildman–Crippen MR) is 88.3 cm³/mol. The average molecular weight is 331 g/mol. The maximum absolute atomic E-state index is 12.8. The van der Waals surface area contributed by atoms with Crippen LogP contribution in [0.25, 0.3) is 0 Å². The van der Waals surface area contributed by atoms with Crippen molar-refractivity contribution in [2.45, 2.75) is 26.3 Å². The van der Waals surface area contributed by atoms with E-state index in [0.29, 0.717) is 11.1 Å². The third-order valence-electron chi connectivity index (χ3n) is 4.08. The number of carbonyl (C=O) groups is 2. The highest BCUT2D eigenvalue weighted by Gasteiger charge is 2.26. The van der Waals surface area contributed by atoms with Crippen LogP contribution in [-0.2, 0) is 11.2 Å². The van der Waals surface area contributed by atoms with Gasteiger partial charge in [0.05, 0.1) is 25.0 Å². The summed E-state index contributed by atoms with van der Waals surface area (Å²) in [5, 5.41) is 8.96. The monoisotopic (exact) mass is 331 g/mol. The van der Waals surface area contributed by atoms with Crippen molar-refractivity contribution in [2.75, 3.05) is 14.2 Å². The van der Waals surface area contributed by atoms with E-state index < -0.39 is 5.97 Å². The molecule has 2 rings (SSSR count). The van der Waals surface area contributed by atoms with Gasteiger partial charge in [-0.3, -0.25) is 9.59 Å². The van der Waals surface area contributed by atoms with Crippen molar-refractivity contribution in [2.24, 2.45) is 0 Å². The Bertz CT molecular complexity index is 732. The topological polar surface area (TPSA) is 80.0 Å². The van der Waals surface area contributed by atoms with Gasteiger partial charge in [0.1, 0.15) is 17.9 Å². The van der Waals surface area contributed by atoms with Gasteiger partial charge in [0.25, 0.3) is 5.91 Å². The Morgan fingerprint density at radius 2 is 1.92 bits per heavy atom. The zero-order valence-electron chi connectivity index (χ0n) is 14.2. The molecule has 0 fully saturated rings. The minimum Gasteiger partial charge on any atom is -0.497 e. The Balaban J connectivity index is 2.25. The molecule has 0 aliphatic carbocycles. The van der Waals surface area contributed by atoms with E-state index in [1.807, 2.05) is 31.2 Å². The summed E-state index contributed by atoms with van der Waals surface area (Å²) in [5.74, 6) is -0.377. The summed E-state index contributed by atoms with van der Waals surface area (Å²) in [4.78, 5) is 25.3. The third kappa shape index (κ3) is 3.59. The fourth-order valence-corrected chi connectivity index (χ4v) is 2.51. The maximum Gasteiger partial charge on any atom is 0.311 e. The number of furan rings is 1. The Kier molecular flexibility index (Phi) is 5.28. The molecule has 128 valence electrons. The average Bonchev–Trinajstić information content (AvgIpc) is 2.92. The van der Waals surface area contributed by atoms with E-state index in [9.17, 15) is 9.59 Å². The summed E-state index contributed by atoms with van der Waals surface area (Å²) in [6.07, 6.45) is 1.09. The summed E-state index contributed by atoms with van der Waals surface area (Å²) < 4.78 is 10.4. The van der Waals surface area contributed by atoms with Gasteiger partial charge < -0.3 is 19.2 Å².